The van der Waals surface area contributed by atoms with E-state index in [4.69, 9.17) is 4.52 Å². The van der Waals surface area contributed by atoms with Crippen LogP contribution in [0.3, 0.4) is 0 Å². The second-order valence-electron chi connectivity index (χ2n) is 10.3. The van der Waals surface area contributed by atoms with E-state index in [1.165, 1.54) is 33.4 Å². The van der Waals surface area contributed by atoms with Crippen LogP contribution in [0.15, 0.2) is 84.9 Å². The summed E-state index contributed by atoms with van der Waals surface area (Å²) in [5, 5.41) is 1.79. The Morgan fingerprint density at radius 2 is 0.778 bits per heavy atom. The van der Waals surface area contributed by atoms with Gasteiger partial charge < -0.3 is 4.52 Å². The van der Waals surface area contributed by atoms with E-state index in [0.717, 1.165) is 73.1 Å². The summed E-state index contributed by atoms with van der Waals surface area (Å²) < 4.78 is 21.1. The third-order valence-corrected chi connectivity index (χ3v) is 10.6. The van der Waals surface area contributed by atoms with Gasteiger partial charge in [-0.2, -0.15) is 0 Å². The number of aryl methyl sites for hydroxylation is 8. The Morgan fingerprint density at radius 1 is 0.472 bits per heavy atom. The maximum atomic E-state index is 15.1. The van der Waals surface area contributed by atoms with E-state index in [1.807, 2.05) is 0 Å². The van der Waals surface area contributed by atoms with Gasteiger partial charge in [-0.05, 0) is 108 Å². The molecule has 0 N–H and O–H groups in total. The largest absolute Gasteiger partial charge is 0.325 e. The zero-order valence-corrected chi connectivity index (χ0v) is 21.9. The standard InChI is InChI=1S/C33H33O2P/c1-35-36(34,32-22-28-12-10-24-2-6-26(7-3-24)14-18-30(32)20-16-28)33-23-29-13-11-25-4-8-27(9-5-25)15-19-31(33)21-17-29/h2-9,16-17,20-23H,10-15,18-19H2,1H3. The van der Waals surface area contributed by atoms with Gasteiger partial charge in [-0.15, -0.1) is 0 Å². The smallest absolute Gasteiger partial charge is 0.261 e. The first-order chi connectivity index (χ1) is 17.6. The molecule has 0 radical (unpaired) electrons. The molecule has 0 saturated carbocycles. The van der Waals surface area contributed by atoms with Gasteiger partial charge in [0, 0.05) is 17.7 Å². The second kappa shape index (κ2) is 9.85. The molecular formula is C33H33O2P. The number of hydrogen-bond acceptors (Lipinski definition) is 2. The molecule has 0 spiro atoms. The summed E-state index contributed by atoms with van der Waals surface area (Å²) in [6, 6.07) is 31.2. The molecular weight excluding hydrogens is 459 g/mol. The van der Waals surface area contributed by atoms with Crippen LogP contribution in [-0.2, 0) is 60.5 Å². The van der Waals surface area contributed by atoms with Gasteiger partial charge >= 0.3 is 0 Å². The molecule has 3 heteroatoms. The van der Waals surface area contributed by atoms with Crippen molar-refractivity contribution in [3.63, 3.8) is 0 Å². The fourth-order valence-corrected chi connectivity index (χ4v) is 8.16. The van der Waals surface area contributed by atoms with Gasteiger partial charge in [0.1, 0.15) is 0 Å². The van der Waals surface area contributed by atoms with Crippen LogP contribution in [0.25, 0.3) is 0 Å². The van der Waals surface area contributed by atoms with Crippen molar-refractivity contribution >= 4 is 18.0 Å². The molecule has 36 heavy (non-hydrogen) atoms. The van der Waals surface area contributed by atoms with Crippen LogP contribution in [0, 0.1) is 0 Å². The maximum Gasteiger partial charge on any atom is 0.261 e. The van der Waals surface area contributed by atoms with E-state index >= 15 is 4.57 Å². The number of benzene rings is 4. The fraction of sp³-hybridized carbons (Fsp3) is 0.273. The topological polar surface area (TPSA) is 26.3 Å². The highest BCUT2D eigenvalue weighted by atomic mass is 31.2. The Kier molecular flexibility index (Phi) is 6.42. The molecule has 8 aliphatic rings. The van der Waals surface area contributed by atoms with Gasteiger partial charge in [0.15, 0.2) is 0 Å². The van der Waals surface area contributed by atoms with Crippen molar-refractivity contribution in [3.05, 3.63) is 129 Å². The third-order valence-electron chi connectivity index (χ3n) is 8.01. The summed E-state index contributed by atoms with van der Waals surface area (Å²) in [5.41, 5.74) is 10.1. The minimum absolute atomic E-state index is 0.850. The Labute approximate surface area is 214 Å². The van der Waals surface area contributed by atoms with Crippen molar-refractivity contribution in [1.29, 1.82) is 0 Å². The SMILES string of the molecule is COP(=O)(c1cc2ccc1CCc1ccc(cc1)CC2)c1cc2ccc1CCc1ccc(cc1)CC2. The van der Waals surface area contributed by atoms with Gasteiger partial charge in [0.2, 0.25) is 0 Å². The number of rotatable bonds is 3. The highest BCUT2D eigenvalue weighted by Crippen LogP contribution is 2.47. The van der Waals surface area contributed by atoms with Crippen molar-refractivity contribution < 1.29 is 9.09 Å². The van der Waals surface area contributed by atoms with Crippen LogP contribution in [0.1, 0.15) is 44.5 Å². The lowest BCUT2D eigenvalue weighted by Crippen LogP contribution is -2.25. The molecule has 0 amide bonds. The quantitative estimate of drug-likeness (QED) is 0.313. The molecule has 12 rings (SSSR count). The van der Waals surface area contributed by atoms with E-state index in [0.29, 0.717) is 0 Å². The van der Waals surface area contributed by atoms with Gasteiger partial charge in [-0.1, -0.05) is 72.8 Å². The zero-order valence-electron chi connectivity index (χ0n) is 21.0. The number of hydrogen-bond donors (Lipinski definition) is 0. The normalized spacial score (nSPS) is 15.2. The summed E-state index contributed by atoms with van der Waals surface area (Å²) in [7, 11) is -1.65. The first-order valence-corrected chi connectivity index (χ1v) is 14.8. The minimum atomic E-state index is -3.28. The van der Waals surface area contributed by atoms with Crippen LogP contribution in [-0.4, -0.2) is 7.11 Å². The molecule has 0 unspecified atom stereocenters. The van der Waals surface area contributed by atoms with Crippen LogP contribution < -0.4 is 10.6 Å². The molecule has 2 nitrogen and oxygen atoms in total. The van der Waals surface area contributed by atoms with E-state index in [1.54, 1.807) is 7.11 Å². The Balaban J connectivity index is 1.45. The van der Waals surface area contributed by atoms with E-state index < -0.39 is 7.37 Å². The summed E-state index contributed by atoms with van der Waals surface area (Å²) >= 11 is 0. The summed E-state index contributed by atoms with van der Waals surface area (Å²) in [4.78, 5) is 0. The average Bonchev–Trinajstić information content (AvgIpc) is 2.91. The predicted octanol–water partition coefficient (Wildman–Crippen LogP) is 6.33. The lowest BCUT2D eigenvalue weighted by atomic mass is 9.96. The lowest BCUT2D eigenvalue weighted by molar-refractivity contribution is 0.411. The molecule has 8 aliphatic carbocycles. The molecule has 0 aromatic heterocycles. The molecule has 4 aromatic rings. The van der Waals surface area contributed by atoms with Crippen LogP contribution >= 0.6 is 7.37 Å². The molecule has 4 aromatic carbocycles. The van der Waals surface area contributed by atoms with Crippen molar-refractivity contribution in [2.75, 3.05) is 7.11 Å². The summed E-state index contributed by atoms with van der Waals surface area (Å²) in [6.07, 6.45) is 7.38. The van der Waals surface area contributed by atoms with Crippen molar-refractivity contribution in [2.24, 2.45) is 0 Å². The average molecular weight is 493 g/mol. The van der Waals surface area contributed by atoms with Gasteiger partial charge in [-0.25, -0.2) is 0 Å². The Bertz CT molecular complexity index is 1330. The van der Waals surface area contributed by atoms with Gasteiger partial charge in [0.25, 0.3) is 7.37 Å². The van der Waals surface area contributed by atoms with Crippen molar-refractivity contribution in [3.8, 4) is 0 Å². The first-order valence-electron chi connectivity index (χ1n) is 13.2. The zero-order chi connectivity index (χ0) is 24.5. The van der Waals surface area contributed by atoms with Crippen LogP contribution in [0.5, 0.6) is 0 Å². The van der Waals surface area contributed by atoms with Crippen LogP contribution in [0.4, 0.5) is 0 Å². The molecule has 0 heterocycles. The Hall–Kier alpha value is -2.93. The van der Waals surface area contributed by atoms with E-state index in [-0.39, 0.29) is 0 Å². The minimum Gasteiger partial charge on any atom is -0.325 e. The van der Waals surface area contributed by atoms with E-state index in [9.17, 15) is 0 Å². The fourth-order valence-electron chi connectivity index (χ4n) is 5.71. The van der Waals surface area contributed by atoms with Crippen molar-refractivity contribution in [2.45, 2.75) is 51.4 Å². The van der Waals surface area contributed by atoms with E-state index in [2.05, 4.69) is 84.9 Å². The summed E-state index contributed by atoms with van der Waals surface area (Å²) in [6.45, 7) is 0. The molecule has 0 aliphatic heterocycles. The predicted molar refractivity (Wildman–Crippen MR) is 149 cm³/mol. The highest BCUT2D eigenvalue weighted by molar-refractivity contribution is 7.74. The summed E-state index contributed by atoms with van der Waals surface area (Å²) in [5.74, 6) is 0. The highest BCUT2D eigenvalue weighted by Gasteiger charge is 2.33. The molecule has 0 fully saturated rings. The molecule has 182 valence electrons. The van der Waals surface area contributed by atoms with Gasteiger partial charge in [-0.3, -0.25) is 4.57 Å². The molecule has 8 bridgehead atoms. The lowest BCUT2D eigenvalue weighted by Gasteiger charge is -2.25. The van der Waals surface area contributed by atoms with Gasteiger partial charge in [0.05, 0.1) is 0 Å². The molecule has 0 atom stereocenters. The third kappa shape index (κ3) is 4.61. The van der Waals surface area contributed by atoms with Crippen LogP contribution in [0.2, 0.25) is 0 Å². The molecule has 0 saturated heterocycles. The Morgan fingerprint density at radius 3 is 1.14 bits per heavy atom. The second-order valence-corrected chi connectivity index (χ2v) is 12.7. The first kappa shape index (κ1) is 23.5. The van der Waals surface area contributed by atoms with Crippen molar-refractivity contribution in [1.82, 2.24) is 0 Å². The monoisotopic (exact) mass is 492 g/mol. The maximum absolute atomic E-state index is 15.1.